The lowest BCUT2D eigenvalue weighted by Crippen LogP contribution is -2.32. The van der Waals surface area contributed by atoms with Crippen LogP contribution in [-0.4, -0.2) is 30.5 Å². The smallest absolute Gasteiger partial charge is 0.222 e. The summed E-state index contributed by atoms with van der Waals surface area (Å²) >= 11 is 0. The largest absolute Gasteiger partial charge is 0.494 e. The first-order chi connectivity index (χ1) is 9.75. The van der Waals surface area contributed by atoms with Gasteiger partial charge in [0.1, 0.15) is 5.75 Å². The Labute approximate surface area is 121 Å². The summed E-state index contributed by atoms with van der Waals surface area (Å²) in [5.74, 6) is 1.92. The molecule has 1 aromatic rings. The molecular weight excluding hydrogens is 250 g/mol. The molecule has 1 heterocycles. The van der Waals surface area contributed by atoms with Crippen molar-refractivity contribution in [2.24, 2.45) is 5.92 Å². The third-order valence-electron chi connectivity index (χ3n) is 3.92. The summed E-state index contributed by atoms with van der Waals surface area (Å²) in [4.78, 5) is 14.2. The van der Waals surface area contributed by atoms with Crippen molar-refractivity contribution in [2.45, 2.75) is 39.0 Å². The Morgan fingerprint density at radius 2 is 2.05 bits per heavy atom. The lowest BCUT2D eigenvalue weighted by molar-refractivity contribution is -0.131. The Balaban J connectivity index is 1.64. The molecule has 1 aliphatic rings. The molecule has 0 N–H and O–H groups in total. The van der Waals surface area contributed by atoms with Crippen LogP contribution in [0.1, 0.15) is 39.0 Å². The van der Waals surface area contributed by atoms with Crippen LogP contribution in [0.4, 0.5) is 0 Å². The van der Waals surface area contributed by atoms with Gasteiger partial charge < -0.3 is 9.64 Å². The Bertz CT molecular complexity index is 405. The molecule has 0 aromatic heterocycles. The number of nitrogens with zero attached hydrogens (tertiary/aromatic N) is 1. The molecule has 110 valence electrons. The molecule has 0 bridgehead atoms. The number of rotatable bonds is 5. The summed E-state index contributed by atoms with van der Waals surface area (Å²) in [6.45, 7) is 4.75. The Hall–Kier alpha value is -1.51. The van der Waals surface area contributed by atoms with Gasteiger partial charge in [-0.05, 0) is 43.7 Å². The molecule has 1 aromatic carbocycles. The molecule has 1 unspecified atom stereocenters. The zero-order chi connectivity index (χ0) is 14.2. The van der Waals surface area contributed by atoms with Crippen molar-refractivity contribution >= 4 is 5.91 Å². The first-order valence-electron chi connectivity index (χ1n) is 7.71. The van der Waals surface area contributed by atoms with Gasteiger partial charge in [0.05, 0.1) is 6.61 Å². The van der Waals surface area contributed by atoms with E-state index >= 15 is 0 Å². The van der Waals surface area contributed by atoms with E-state index in [1.807, 2.05) is 35.2 Å². The fourth-order valence-electron chi connectivity index (χ4n) is 2.60. The van der Waals surface area contributed by atoms with E-state index in [4.69, 9.17) is 4.74 Å². The van der Waals surface area contributed by atoms with Gasteiger partial charge in [-0.2, -0.15) is 0 Å². The zero-order valence-electron chi connectivity index (χ0n) is 12.4. The van der Waals surface area contributed by atoms with Gasteiger partial charge in [-0.15, -0.1) is 0 Å². The second kappa shape index (κ2) is 7.93. The first-order valence-corrected chi connectivity index (χ1v) is 7.71. The number of carbonyl (C=O) groups excluding carboxylic acids is 1. The minimum absolute atomic E-state index is 0.288. The minimum Gasteiger partial charge on any atom is -0.494 e. The maximum atomic E-state index is 12.1. The van der Waals surface area contributed by atoms with Crippen LogP contribution in [-0.2, 0) is 4.79 Å². The highest BCUT2D eigenvalue weighted by Gasteiger charge is 2.17. The quantitative estimate of drug-likeness (QED) is 0.770. The van der Waals surface area contributed by atoms with E-state index < -0.39 is 0 Å². The number of hydrogen-bond acceptors (Lipinski definition) is 2. The number of para-hydroxylation sites is 1. The predicted molar refractivity (Wildman–Crippen MR) is 80.8 cm³/mol. The second-order valence-corrected chi connectivity index (χ2v) is 5.68. The average molecular weight is 275 g/mol. The van der Waals surface area contributed by atoms with Crippen LogP contribution in [0.25, 0.3) is 0 Å². The van der Waals surface area contributed by atoms with Gasteiger partial charge in [0.2, 0.25) is 5.91 Å². The number of carbonyl (C=O) groups is 1. The van der Waals surface area contributed by atoms with Crippen LogP contribution in [0, 0.1) is 5.92 Å². The monoisotopic (exact) mass is 275 g/mol. The van der Waals surface area contributed by atoms with E-state index in [2.05, 4.69) is 6.92 Å². The molecule has 0 aliphatic carbocycles. The number of amides is 1. The molecule has 0 spiro atoms. The van der Waals surface area contributed by atoms with Crippen molar-refractivity contribution in [3.8, 4) is 5.75 Å². The molecule has 20 heavy (non-hydrogen) atoms. The molecule has 2 rings (SSSR count). The number of ether oxygens (including phenoxy) is 1. The molecule has 3 heteroatoms. The zero-order valence-corrected chi connectivity index (χ0v) is 12.4. The van der Waals surface area contributed by atoms with Gasteiger partial charge in [0, 0.05) is 19.5 Å². The lowest BCUT2D eigenvalue weighted by Gasteiger charge is -2.20. The van der Waals surface area contributed by atoms with Gasteiger partial charge >= 0.3 is 0 Å². The molecule has 1 amide bonds. The van der Waals surface area contributed by atoms with Gasteiger partial charge in [-0.3, -0.25) is 4.79 Å². The fourth-order valence-corrected chi connectivity index (χ4v) is 2.60. The summed E-state index contributed by atoms with van der Waals surface area (Å²) in [6, 6.07) is 9.77. The van der Waals surface area contributed by atoms with Gasteiger partial charge in [-0.1, -0.05) is 25.1 Å². The molecule has 0 radical (unpaired) electrons. The van der Waals surface area contributed by atoms with E-state index in [9.17, 15) is 4.79 Å². The normalized spacial score (nSPS) is 19.4. The summed E-state index contributed by atoms with van der Waals surface area (Å²) in [5, 5.41) is 0. The van der Waals surface area contributed by atoms with E-state index in [1.54, 1.807) is 0 Å². The molecule has 1 aliphatic heterocycles. The first kappa shape index (κ1) is 14.9. The maximum Gasteiger partial charge on any atom is 0.222 e. The van der Waals surface area contributed by atoms with Crippen molar-refractivity contribution in [3.05, 3.63) is 30.3 Å². The van der Waals surface area contributed by atoms with Crippen LogP contribution in [0.5, 0.6) is 5.75 Å². The van der Waals surface area contributed by atoms with Crippen LogP contribution >= 0.6 is 0 Å². The van der Waals surface area contributed by atoms with Gasteiger partial charge in [0.25, 0.3) is 0 Å². The van der Waals surface area contributed by atoms with E-state index in [0.29, 0.717) is 13.0 Å². The van der Waals surface area contributed by atoms with Crippen LogP contribution < -0.4 is 4.74 Å². The highest BCUT2D eigenvalue weighted by atomic mass is 16.5. The fraction of sp³-hybridized carbons (Fsp3) is 0.588. The van der Waals surface area contributed by atoms with Crippen molar-refractivity contribution in [3.63, 3.8) is 0 Å². The van der Waals surface area contributed by atoms with Crippen molar-refractivity contribution in [1.82, 2.24) is 4.90 Å². The van der Waals surface area contributed by atoms with Crippen molar-refractivity contribution < 1.29 is 9.53 Å². The Morgan fingerprint density at radius 3 is 2.85 bits per heavy atom. The predicted octanol–water partition coefficient (Wildman–Crippen LogP) is 3.49. The Morgan fingerprint density at radius 1 is 1.25 bits per heavy atom. The molecule has 3 nitrogen and oxygen atoms in total. The van der Waals surface area contributed by atoms with Gasteiger partial charge in [0.15, 0.2) is 0 Å². The average Bonchev–Trinajstić information content (AvgIpc) is 2.69. The Kier molecular flexibility index (Phi) is 5.90. The van der Waals surface area contributed by atoms with Crippen LogP contribution in [0.15, 0.2) is 30.3 Å². The standard InChI is InChI=1S/C17H25NO2/c1-15-7-5-12-18(13-11-15)17(19)10-6-14-20-16-8-3-2-4-9-16/h2-4,8-9,15H,5-7,10-14H2,1H3. The SMILES string of the molecule is CC1CCCN(C(=O)CCCOc2ccccc2)CC1. The number of benzene rings is 1. The highest BCUT2D eigenvalue weighted by Crippen LogP contribution is 2.17. The maximum absolute atomic E-state index is 12.1. The molecule has 1 fully saturated rings. The summed E-state index contributed by atoms with van der Waals surface area (Å²) in [5.41, 5.74) is 0. The lowest BCUT2D eigenvalue weighted by atomic mass is 10.0. The third kappa shape index (κ3) is 4.87. The molecule has 1 saturated heterocycles. The van der Waals surface area contributed by atoms with E-state index in [-0.39, 0.29) is 5.91 Å². The number of likely N-dealkylation sites (tertiary alicyclic amines) is 1. The van der Waals surface area contributed by atoms with Crippen molar-refractivity contribution in [2.75, 3.05) is 19.7 Å². The topological polar surface area (TPSA) is 29.5 Å². The van der Waals surface area contributed by atoms with E-state index in [0.717, 1.165) is 44.0 Å². The molecular formula is C17H25NO2. The highest BCUT2D eigenvalue weighted by molar-refractivity contribution is 5.76. The van der Waals surface area contributed by atoms with Crippen molar-refractivity contribution in [1.29, 1.82) is 0 Å². The molecule has 0 saturated carbocycles. The van der Waals surface area contributed by atoms with Crippen LogP contribution in [0.2, 0.25) is 0 Å². The summed E-state index contributed by atoms with van der Waals surface area (Å²) in [6.07, 6.45) is 4.93. The van der Waals surface area contributed by atoms with Crippen LogP contribution in [0.3, 0.4) is 0 Å². The molecule has 1 atom stereocenters. The van der Waals surface area contributed by atoms with E-state index in [1.165, 1.54) is 6.42 Å². The minimum atomic E-state index is 0.288. The summed E-state index contributed by atoms with van der Waals surface area (Å²) in [7, 11) is 0. The van der Waals surface area contributed by atoms with Gasteiger partial charge in [-0.25, -0.2) is 0 Å². The summed E-state index contributed by atoms with van der Waals surface area (Å²) < 4.78 is 5.61. The number of hydrogen-bond donors (Lipinski definition) is 0. The third-order valence-corrected chi connectivity index (χ3v) is 3.92. The second-order valence-electron chi connectivity index (χ2n) is 5.68.